The lowest BCUT2D eigenvalue weighted by Gasteiger charge is -2.33. The third-order valence-corrected chi connectivity index (χ3v) is 4.27. The quantitative estimate of drug-likeness (QED) is 0.566. The lowest BCUT2D eigenvalue weighted by atomic mass is 10.1. The highest BCUT2D eigenvalue weighted by atomic mass is 16.6. The standard InChI is InChI=1S/C16H29NO2/c1-16(2,3)19-15(18)14-11-8-12-17(14)13-9-6-4-5-7-10-13/h13-14H,4-12H2,1-3H3/t14-/m0/s1. The van der Waals surface area contributed by atoms with Crippen LogP contribution in [0.4, 0.5) is 0 Å². The maximum Gasteiger partial charge on any atom is 0.323 e. The Labute approximate surface area is 117 Å². The SMILES string of the molecule is CC(C)(C)OC(=O)[C@@H]1CCCN1C1CCCCCC1. The third kappa shape index (κ3) is 4.20. The molecule has 0 amide bonds. The summed E-state index contributed by atoms with van der Waals surface area (Å²) in [5, 5.41) is 0. The van der Waals surface area contributed by atoms with E-state index in [0.717, 1.165) is 19.4 Å². The van der Waals surface area contributed by atoms with Crippen molar-refractivity contribution in [1.82, 2.24) is 4.90 Å². The predicted octanol–water partition coefficient (Wildman–Crippen LogP) is 3.52. The zero-order chi connectivity index (χ0) is 13.9. The molecule has 3 nitrogen and oxygen atoms in total. The second-order valence-corrected chi connectivity index (χ2v) is 7.07. The summed E-state index contributed by atoms with van der Waals surface area (Å²) in [7, 11) is 0. The maximum atomic E-state index is 12.3. The van der Waals surface area contributed by atoms with Gasteiger partial charge in [0.1, 0.15) is 11.6 Å². The van der Waals surface area contributed by atoms with Gasteiger partial charge in [-0.2, -0.15) is 0 Å². The molecule has 1 saturated heterocycles. The molecule has 0 aromatic carbocycles. The van der Waals surface area contributed by atoms with E-state index in [0.29, 0.717) is 6.04 Å². The predicted molar refractivity (Wildman–Crippen MR) is 77.1 cm³/mol. The highest BCUT2D eigenvalue weighted by molar-refractivity contribution is 5.76. The number of likely N-dealkylation sites (tertiary alicyclic amines) is 1. The molecule has 0 aromatic heterocycles. The Bertz CT molecular complexity index is 300. The van der Waals surface area contributed by atoms with Crippen molar-refractivity contribution in [3.63, 3.8) is 0 Å². The summed E-state index contributed by atoms with van der Waals surface area (Å²) in [6.45, 7) is 6.94. The lowest BCUT2D eigenvalue weighted by Crippen LogP contribution is -2.45. The number of ether oxygens (including phenoxy) is 1. The smallest absolute Gasteiger partial charge is 0.323 e. The molecule has 0 unspecified atom stereocenters. The Morgan fingerprint density at radius 2 is 1.63 bits per heavy atom. The van der Waals surface area contributed by atoms with Crippen molar-refractivity contribution in [3.05, 3.63) is 0 Å². The van der Waals surface area contributed by atoms with E-state index in [-0.39, 0.29) is 17.6 Å². The number of nitrogens with zero attached hydrogens (tertiary/aromatic N) is 1. The first-order valence-electron chi connectivity index (χ1n) is 7.96. The zero-order valence-electron chi connectivity index (χ0n) is 12.8. The zero-order valence-corrected chi connectivity index (χ0v) is 12.8. The van der Waals surface area contributed by atoms with Gasteiger partial charge in [0.2, 0.25) is 0 Å². The van der Waals surface area contributed by atoms with Gasteiger partial charge in [0.15, 0.2) is 0 Å². The molecule has 2 rings (SSSR count). The van der Waals surface area contributed by atoms with Crippen molar-refractivity contribution in [2.75, 3.05) is 6.54 Å². The van der Waals surface area contributed by atoms with E-state index < -0.39 is 0 Å². The van der Waals surface area contributed by atoms with Crippen molar-refractivity contribution in [3.8, 4) is 0 Å². The van der Waals surface area contributed by atoms with Crippen LogP contribution < -0.4 is 0 Å². The van der Waals surface area contributed by atoms with Crippen LogP contribution >= 0.6 is 0 Å². The van der Waals surface area contributed by atoms with Gasteiger partial charge in [-0.3, -0.25) is 9.69 Å². The Morgan fingerprint density at radius 3 is 2.21 bits per heavy atom. The molecule has 19 heavy (non-hydrogen) atoms. The molecule has 0 spiro atoms. The van der Waals surface area contributed by atoms with Crippen LogP contribution in [-0.2, 0) is 9.53 Å². The van der Waals surface area contributed by atoms with Gasteiger partial charge in [-0.25, -0.2) is 0 Å². The van der Waals surface area contributed by atoms with Crippen LogP contribution in [-0.4, -0.2) is 35.1 Å². The summed E-state index contributed by atoms with van der Waals surface area (Å²) in [6, 6.07) is 0.629. The minimum Gasteiger partial charge on any atom is -0.459 e. The number of carbonyl (C=O) groups is 1. The fourth-order valence-electron chi connectivity index (χ4n) is 3.44. The Kier molecular flexibility index (Phi) is 4.88. The molecule has 1 aliphatic heterocycles. The van der Waals surface area contributed by atoms with Crippen molar-refractivity contribution in [2.45, 2.75) is 89.8 Å². The largest absolute Gasteiger partial charge is 0.459 e. The summed E-state index contributed by atoms with van der Waals surface area (Å²) < 4.78 is 5.59. The highest BCUT2D eigenvalue weighted by Crippen LogP contribution is 2.29. The Hall–Kier alpha value is -0.570. The molecule has 0 N–H and O–H groups in total. The van der Waals surface area contributed by atoms with E-state index in [2.05, 4.69) is 4.90 Å². The second kappa shape index (κ2) is 6.25. The maximum absolute atomic E-state index is 12.3. The van der Waals surface area contributed by atoms with E-state index in [1.54, 1.807) is 0 Å². The van der Waals surface area contributed by atoms with Gasteiger partial charge in [-0.1, -0.05) is 25.7 Å². The first-order chi connectivity index (χ1) is 8.97. The number of hydrogen-bond acceptors (Lipinski definition) is 3. The molecule has 0 aromatic rings. The van der Waals surface area contributed by atoms with Gasteiger partial charge in [0.05, 0.1) is 0 Å². The molecule has 2 aliphatic rings. The molecule has 1 saturated carbocycles. The Balaban J connectivity index is 1.97. The molecule has 2 fully saturated rings. The molecule has 0 radical (unpaired) electrons. The highest BCUT2D eigenvalue weighted by Gasteiger charge is 2.37. The minimum absolute atomic E-state index is 0.00533. The van der Waals surface area contributed by atoms with Crippen molar-refractivity contribution in [1.29, 1.82) is 0 Å². The van der Waals surface area contributed by atoms with Crippen LogP contribution in [0, 0.1) is 0 Å². The summed E-state index contributed by atoms with van der Waals surface area (Å²) in [4.78, 5) is 14.8. The van der Waals surface area contributed by atoms with Gasteiger partial charge in [-0.05, 0) is 53.0 Å². The molecular weight excluding hydrogens is 238 g/mol. The van der Waals surface area contributed by atoms with Crippen LogP contribution in [0.5, 0.6) is 0 Å². The average molecular weight is 267 g/mol. The second-order valence-electron chi connectivity index (χ2n) is 7.07. The monoisotopic (exact) mass is 267 g/mol. The normalized spacial score (nSPS) is 27.2. The first-order valence-corrected chi connectivity index (χ1v) is 7.96. The topological polar surface area (TPSA) is 29.5 Å². The summed E-state index contributed by atoms with van der Waals surface area (Å²) in [5.74, 6) is -0.00533. The van der Waals surface area contributed by atoms with Crippen molar-refractivity contribution in [2.24, 2.45) is 0 Å². The lowest BCUT2D eigenvalue weighted by molar-refractivity contribution is -0.161. The van der Waals surface area contributed by atoms with Gasteiger partial charge in [0.25, 0.3) is 0 Å². The molecule has 1 heterocycles. The first kappa shape index (κ1) is 14.8. The van der Waals surface area contributed by atoms with Gasteiger partial charge < -0.3 is 4.74 Å². The van der Waals surface area contributed by atoms with Crippen LogP contribution in [0.2, 0.25) is 0 Å². The van der Waals surface area contributed by atoms with Gasteiger partial charge >= 0.3 is 5.97 Å². The molecule has 0 bridgehead atoms. The van der Waals surface area contributed by atoms with Crippen LogP contribution in [0.25, 0.3) is 0 Å². The summed E-state index contributed by atoms with van der Waals surface area (Å²) in [5.41, 5.74) is -0.366. The fraction of sp³-hybridized carbons (Fsp3) is 0.938. The molecule has 1 aliphatic carbocycles. The molecule has 110 valence electrons. The van der Waals surface area contributed by atoms with E-state index in [9.17, 15) is 4.79 Å². The van der Waals surface area contributed by atoms with E-state index >= 15 is 0 Å². The van der Waals surface area contributed by atoms with Crippen LogP contribution in [0.1, 0.15) is 72.1 Å². The number of carbonyl (C=O) groups excluding carboxylic acids is 1. The van der Waals surface area contributed by atoms with Crippen molar-refractivity contribution >= 4 is 5.97 Å². The summed E-state index contributed by atoms with van der Waals surface area (Å²) >= 11 is 0. The fourth-order valence-corrected chi connectivity index (χ4v) is 3.44. The van der Waals surface area contributed by atoms with E-state index in [4.69, 9.17) is 4.74 Å². The minimum atomic E-state index is -0.366. The van der Waals surface area contributed by atoms with Crippen molar-refractivity contribution < 1.29 is 9.53 Å². The van der Waals surface area contributed by atoms with Crippen LogP contribution in [0.3, 0.4) is 0 Å². The number of esters is 1. The average Bonchev–Trinajstić information content (AvgIpc) is 2.63. The summed E-state index contributed by atoms with van der Waals surface area (Å²) in [6.07, 6.45) is 10.0. The van der Waals surface area contributed by atoms with E-state index in [1.165, 1.54) is 38.5 Å². The van der Waals surface area contributed by atoms with Crippen LogP contribution in [0.15, 0.2) is 0 Å². The van der Waals surface area contributed by atoms with Gasteiger partial charge in [0, 0.05) is 6.04 Å². The van der Waals surface area contributed by atoms with Gasteiger partial charge in [-0.15, -0.1) is 0 Å². The third-order valence-electron chi connectivity index (χ3n) is 4.27. The molecule has 3 heteroatoms. The number of rotatable bonds is 2. The number of hydrogen-bond donors (Lipinski definition) is 0. The van der Waals surface area contributed by atoms with E-state index in [1.807, 2.05) is 20.8 Å². The molecule has 1 atom stereocenters. The Morgan fingerprint density at radius 1 is 1.00 bits per heavy atom. The molecular formula is C16H29NO2.